The van der Waals surface area contributed by atoms with Crippen LogP contribution < -0.4 is 10.9 Å². The number of nitrogens with zero attached hydrogens (tertiary/aromatic N) is 1. The molecule has 4 aromatic rings. The lowest BCUT2D eigenvalue weighted by molar-refractivity contribution is -0.139. The lowest BCUT2D eigenvalue weighted by Gasteiger charge is -2.17. The van der Waals surface area contributed by atoms with Gasteiger partial charge in [-0.1, -0.05) is 91.0 Å². The van der Waals surface area contributed by atoms with Crippen LogP contribution in [0, 0.1) is 0 Å². The number of carboxylic acid groups (broad SMARTS) is 1. The predicted molar refractivity (Wildman–Crippen MR) is 120 cm³/mol. The summed E-state index contributed by atoms with van der Waals surface area (Å²) in [6, 6.07) is 25.1. The van der Waals surface area contributed by atoms with Gasteiger partial charge < -0.3 is 10.4 Å². The molecule has 0 saturated carbocycles. The standard InChI is InChI=1S/C25H19N3O4/c29-23(26-22(25(31)32)18-14-8-3-9-15-18)20-19(16-10-4-1-5-11-16)21(27-28-24(20)30)17-12-6-2-7-13-17/h1-15,22H,(H,26,29)(H,28,30)(H,31,32). The highest BCUT2D eigenvalue weighted by Gasteiger charge is 2.28. The minimum absolute atomic E-state index is 0.202. The molecule has 4 rings (SSSR count). The fourth-order valence-corrected chi connectivity index (χ4v) is 3.49. The molecule has 7 nitrogen and oxygen atoms in total. The molecule has 3 N–H and O–H groups in total. The number of H-pyrrole nitrogens is 1. The van der Waals surface area contributed by atoms with Crippen LogP contribution in [-0.2, 0) is 4.79 Å². The van der Waals surface area contributed by atoms with E-state index in [0.717, 1.165) is 0 Å². The van der Waals surface area contributed by atoms with Crippen molar-refractivity contribution in [2.75, 3.05) is 0 Å². The lowest BCUT2D eigenvalue weighted by atomic mass is 9.95. The van der Waals surface area contributed by atoms with Gasteiger partial charge in [-0.15, -0.1) is 0 Å². The molecule has 0 saturated heterocycles. The van der Waals surface area contributed by atoms with Crippen LogP contribution in [0.3, 0.4) is 0 Å². The summed E-state index contributed by atoms with van der Waals surface area (Å²) in [5.41, 5.74) is 1.54. The molecule has 0 spiro atoms. The summed E-state index contributed by atoms with van der Waals surface area (Å²) in [4.78, 5) is 38.0. The molecule has 0 bridgehead atoms. The molecule has 32 heavy (non-hydrogen) atoms. The van der Waals surface area contributed by atoms with Crippen LogP contribution in [0.1, 0.15) is 22.0 Å². The van der Waals surface area contributed by atoms with Gasteiger partial charge in [0.1, 0.15) is 5.56 Å². The molecule has 0 aliphatic carbocycles. The molecule has 1 atom stereocenters. The summed E-state index contributed by atoms with van der Waals surface area (Å²) in [5.74, 6) is -2.04. The summed E-state index contributed by atoms with van der Waals surface area (Å²) in [5, 5.41) is 18.8. The van der Waals surface area contributed by atoms with Crippen molar-refractivity contribution in [2.24, 2.45) is 0 Å². The van der Waals surface area contributed by atoms with E-state index in [1.54, 1.807) is 54.6 Å². The van der Waals surface area contributed by atoms with Crippen molar-refractivity contribution < 1.29 is 14.7 Å². The molecule has 1 heterocycles. The van der Waals surface area contributed by atoms with Crippen LogP contribution in [0.2, 0.25) is 0 Å². The smallest absolute Gasteiger partial charge is 0.330 e. The average molecular weight is 425 g/mol. The molecule has 3 aromatic carbocycles. The average Bonchev–Trinajstić information content (AvgIpc) is 2.83. The van der Waals surface area contributed by atoms with E-state index in [2.05, 4.69) is 15.5 Å². The Kier molecular flexibility index (Phi) is 5.89. The van der Waals surface area contributed by atoms with Gasteiger partial charge in [0.2, 0.25) is 0 Å². The first-order valence-electron chi connectivity index (χ1n) is 9.88. The topological polar surface area (TPSA) is 112 Å². The number of amides is 1. The fourth-order valence-electron chi connectivity index (χ4n) is 3.49. The molecule has 0 aliphatic heterocycles. The Hall–Kier alpha value is -4.52. The molecule has 1 unspecified atom stereocenters. The zero-order chi connectivity index (χ0) is 22.5. The first kappa shape index (κ1) is 20.7. The van der Waals surface area contributed by atoms with Crippen molar-refractivity contribution >= 4 is 11.9 Å². The highest BCUT2D eigenvalue weighted by Crippen LogP contribution is 2.31. The van der Waals surface area contributed by atoms with Crippen molar-refractivity contribution in [3.8, 4) is 22.4 Å². The van der Waals surface area contributed by atoms with Crippen LogP contribution >= 0.6 is 0 Å². The zero-order valence-corrected chi connectivity index (χ0v) is 16.9. The highest BCUT2D eigenvalue weighted by molar-refractivity contribution is 6.04. The van der Waals surface area contributed by atoms with Gasteiger partial charge in [-0.2, -0.15) is 5.10 Å². The van der Waals surface area contributed by atoms with Crippen LogP contribution in [0.15, 0.2) is 95.8 Å². The molecule has 7 heteroatoms. The number of aromatic nitrogens is 2. The summed E-state index contributed by atoms with van der Waals surface area (Å²) < 4.78 is 0. The van der Waals surface area contributed by atoms with Crippen LogP contribution in [0.4, 0.5) is 0 Å². The summed E-state index contributed by atoms with van der Waals surface area (Å²) in [6.45, 7) is 0. The normalized spacial score (nSPS) is 11.5. The second-order valence-electron chi connectivity index (χ2n) is 7.04. The summed E-state index contributed by atoms with van der Waals surface area (Å²) >= 11 is 0. The van der Waals surface area contributed by atoms with E-state index in [0.29, 0.717) is 27.9 Å². The quantitative estimate of drug-likeness (QED) is 0.436. The van der Waals surface area contributed by atoms with E-state index in [9.17, 15) is 19.5 Å². The number of aliphatic carboxylic acids is 1. The Morgan fingerprint density at radius 2 is 1.34 bits per heavy atom. The number of rotatable bonds is 6. The molecule has 0 radical (unpaired) electrons. The predicted octanol–water partition coefficient (Wildman–Crippen LogP) is 3.66. The number of hydrogen-bond acceptors (Lipinski definition) is 4. The highest BCUT2D eigenvalue weighted by atomic mass is 16.4. The van der Waals surface area contributed by atoms with Crippen LogP contribution in [-0.4, -0.2) is 27.2 Å². The maximum atomic E-state index is 13.3. The van der Waals surface area contributed by atoms with Crippen LogP contribution in [0.25, 0.3) is 22.4 Å². The third kappa shape index (κ3) is 4.17. The Labute approximate surface area is 183 Å². The number of carbonyl (C=O) groups excluding carboxylic acids is 1. The maximum absolute atomic E-state index is 13.3. The van der Waals surface area contributed by atoms with Gasteiger partial charge in [-0.25, -0.2) is 9.89 Å². The molecule has 0 aliphatic rings. The van der Waals surface area contributed by atoms with Gasteiger partial charge in [0.25, 0.3) is 11.5 Å². The van der Waals surface area contributed by atoms with Crippen molar-refractivity contribution in [3.05, 3.63) is 112 Å². The zero-order valence-electron chi connectivity index (χ0n) is 16.9. The first-order valence-corrected chi connectivity index (χ1v) is 9.88. The van der Waals surface area contributed by atoms with Crippen LogP contribution in [0.5, 0.6) is 0 Å². The fraction of sp³-hybridized carbons (Fsp3) is 0.0400. The summed E-state index contributed by atoms with van der Waals surface area (Å²) in [6.07, 6.45) is 0. The molecular formula is C25H19N3O4. The monoisotopic (exact) mass is 425 g/mol. The first-order chi connectivity index (χ1) is 15.6. The van der Waals surface area contributed by atoms with E-state index in [4.69, 9.17) is 0 Å². The minimum atomic E-state index is -1.32. The van der Waals surface area contributed by atoms with Gasteiger partial charge in [-0.3, -0.25) is 9.59 Å². The van der Waals surface area contributed by atoms with E-state index in [-0.39, 0.29) is 5.56 Å². The second-order valence-corrected chi connectivity index (χ2v) is 7.04. The van der Waals surface area contributed by atoms with E-state index in [1.165, 1.54) is 0 Å². The largest absolute Gasteiger partial charge is 0.479 e. The molecule has 1 aromatic heterocycles. The number of hydrogen-bond donors (Lipinski definition) is 3. The van der Waals surface area contributed by atoms with Gasteiger partial charge in [0, 0.05) is 11.1 Å². The van der Waals surface area contributed by atoms with Crippen molar-refractivity contribution in [1.29, 1.82) is 0 Å². The summed E-state index contributed by atoms with van der Waals surface area (Å²) in [7, 11) is 0. The van der Waals surface area contributed by atoms with Crippen molar-refractivity contribution in [1.82, 2.24) is 15.5 Å². The van der Waals surface area contributed by atoms with Gasteiger partial charge in [0.05, 0.1) is 5.69 Å². The van der Waals surface area contributed by atoms with E-state index >= 15 is 0 Å². The number of benzene rings is 3. The Morgan fingerprint density at radius 3 is 1.91 bits per heavy atom. The molecule has 0 fully saturated rings. The maximum Gasteiger partial charge on any atom is 0.330 e. The van der Waals surface area contributed by atoms with Crippen molar-refractivity contribution in [3.63, 3.8) is 0 Å². The number of nitrogens with one attached hydrogen (secondary N) is 2. The SMILES string of the molecule is O=C(NC(C(=O)O)c1ccccc1)c1c(-c2ccccc2)c(-c2ccccc2)n[nH]c1=O. The molecular weight excluding hydrogens is 406 g/mol. The van der Waals surface area contributed by atoms with E-state index in [1.807, 2.05) is 36.4 Å². The Balaban J connectivity index is 1.87. The number of carboxylic acids is 1. The van der Waals surface area contributed by atoms with Gasteiger partial charge >= 0.3 is 5.97 Å². The minimum Gasteiger partial charge on any atom is -0.479 e. The van der Waals surface area contributed by atoms with Gasteiger partial charge in [0.15, 0.2) is 6.04 Å². The lowest BCUT2D eigenvalue weighted by Crippen LogP contribution is -2.37. The Bertz CT molecular complexity index is 1300. The molecule has 158 valence electrons. The van der Waals surface area contributed by atoms with E-state index < -0.39 is 23.5 Å². The Morgan fingerprint density at radius 1 is 0.812 bits per heavy atom. The third-order valence-corrected chi connectivity index (χ3v) is 4.98. The van der Waals surface area contributed by atoms with Crippen molar-refractivity contribution in [2.45, 2.75) is 6.04 Å². The number of carbonyl (C=O) groups is 2. The van der Waals surface area contributed by atoms with Gasteiger partial charge in [-0.05, 0) is 11.1 Å². The molecule has 1 amide bonds. The third-order valence-electron chi connectivity index (χ3n) is 4.98. The number of aromatic amines is 1. The second kappa shape index (κ2) is 9.09.